The molecule has 2 aromatic carbocycles. The van der Waals surface area contributed by atoms with Crippen LogP contribution < -0.4 is 4.74 Å². The summed E-state index contributed by atoms with van der Waals surface area (Å²) in [5.74, 6) is 6.41. The standard InChI is InChI=1S/C28H24O4S2/c1-4-24(29)31-15-8-7-11-25(30)32-26-22-14-16-33-27(22)19(3)23-17-21(34-28(23)26)13-12-20-10-6-5-9-18(20)2/h4-6,9-10,14,16-17H,1,7-8,11,15H2,2-3H3. The summed E-state index contributed by atoms with van der Waals surface area (Å²) in [6, 6.07) is 12.1. The van der Waals surface area contributed by atoms with Crippen molar-refractivity contribution in [1.82, 2.24) is 0 Å². The van der Waals surface area contributed by atoms with Gasteiger partial charge in [-0.3, -0.25) is 4.79 Å². The average Bonchev–Trinajstić information content (AvgIpc) is 3.49. The molecule has 0 saturated carbocycles. The van der Waals surface area contributed by atoms with E-state index < -0.39 is 5.97 Å². The molecule has 4 aromatic rings. The molecule has 0 aliphatic carbocycles. The van der Waals surface area contributed by atoms with E-state index in [1.54, 1.807) is 22.7 Å². The first kappa shape index (κ1) is 23.7. The van der Waals surface area contributed by atoms with Gasteiger partial charge in [-0.05, 0) is 61.4 Å². The smallest absolute Gasteiger partial charge is 0.330 e. The summed E-state index contributed by atoms with van der Waals surface area (Å²) in [7, 11) is 0. The van der Waals surface area contributed by atoms with Gasteiger partial charge in [0.05, 0.1) is 16.2 Å². The second kappa shape index (κ2) is 10.7. The van der Waals surface area contributed by atoms with E-state index in [2.05, 4.69) is 31.4 Å². The second-order valence-electron chi connectivity index (χ2n) is 7.84. The highest BCUT2D eigenvalue weighted by Gasteiger charge is 2.19. The van der Waals surface area contributed by atoms with Crippen LogP contribution in [-0.4, -0.2) is 18.5 Å². The molecule has 0 radical (unpaired) electrons. The molecule has 0 aliphatic heterocycles. The van der Waals surface area contributed by atoms with E-state index in [4.69, 9.17) is 9.47 Å². The first-order valence-electron chi connectivity index (χ1n) is 11.0. The van der Waals surface area contributed by atoms with Gasteiger partial charge in [0.15, 0.2) is 5.75 Å². The Morgan fingerprint density at radius 3 is 2.68 bits per heavy atom. The number of hydrogen-bond donors (Lipinski definition) is 0. The van der Waals surface area contributed by atoms with Crippen LogP contribution in [0, 0.1) is 25.7 Å². The summed E-state index contributed by atoms with van der Waals surface area (Å²) in [5.41, 5.74) is 3.31. The Balaban J connectivity index is 1.58. The third kappa shape index (κ3) is 5.22. The predicted octanol–water partition coefficient (Wildman–Crippen LogP) is 6.94. The Kier molecular flexibility index (Phi) is 7.46. The second-order valence-corrected chi connectivity index (χ2v) is 9.81. The number of esters is 2. The summed E-state index contributed by atoms with van der Waals surface area (Å²) in [5, 5.41) is 4.03. The predicted molar refractivity (Wildman–Crippen MR) is 140 cm³/mol. The van der Waals surface area contributed by atoms with Crippen LogP contribution in [0.25, 0.3) is 20.2 Å². The number of carbonyl (C=O) groups is 2. The molecule has 2 aromatic heterocycles. The van der Waals surface area contributed by atoms with Crippen molar-refractivity contribution in [3.8, 4) is 17.6 Å². The van der Waals surface area contributed by atoms with Crippen LogP contribution in [0.5, 0.6) is 5.75 Å². The quantitative estimate of drug-likeness (QED) is 0.0930. The van der Waals surface area contributed by atoms with Crippen molar-refractivity contribution < 1.29 is 19.1 Å². The number of benzene rings is 2. The first-order chi connectivity index (χ1) is 16.5. The average molecular weight is 489 g/mol. The van der Waals surface area contributed by atoms with Crippen LogP contribution in [-0.2, 0) is 14.3 Å². The van der Waals surface area contributed by atoms with Crippen LogP contribution in [0.1, 0.15) is 40.8 Å². The van der Waals surface area contributed by atoms with Crippen molar-refractivity contribution in [2.45, 2.75) is 33.1 Å². The zero-order valence-corrected chi connectivity index (χ0v) is 20.7. The molecule has 6 heteroatoms. The van der Waals surface area contributed by atoms with Crippen LogP contribution in [0.4, 0.5) is 0 Å². The van der Waals surface area contributed by atoms with E-state index in [1.165, 1.54) is 5.56 Å². The maximum Gasteiger partial charge on any atom is 0.330 e. The van der Waals surface area contributed by atoms with E-state index in [9.17, 15) is 9.59 Å². The molecule has 34 heavy (non-hydrogen) atoms. The summed E-state index contributed by atoms with van der Waals surface area (Å²) in [6.07, 6.45) is 2.54. The summed E-state index contributed by atoms with van der Waals surface area (Å²) < 4.78 is 12.9. The fourth-order valence-electron chi connectivity index (χ4n) is 3.63. The van der Waals surface area contributed by atoms with Gasteiger partial charge in [0.2, 0.25) is 0 Å². The molecule has 0 unspecified atom stereocenters. The Morgan fingerprint density at radius 2 is 1.88 bits per heavy atom. The molecule has 0 bridgehead atoms. The Hall–Kier alpha value is -3.40. The third-order valence-electron chi connectivity index (χ3n) is 5.46. The number of rotatable bonds is 7. The minimum Gasteiger partial charge on any atom is -0.463 e. The summed E-state index contributed by atoms with van der Waals surface area (Å²) >= 11 is 3.19. The number of hydrogen-bond acceptors (Lipinski definition) is 6. The fraction of sp³-hybridized carbons (Fsp3) is 0.214. The molecule has 2 heterocycles. The highest BCUT2D eigenvalue weighted by Crippen LogP contribution is 2.44. The maximum atomic E-state index is 12.6. The van der Waals surface area contributed by atoms with E-state index in [0.717, 1.165) is 42.3 Å². The highest BCUT2D eigenvalue weighted by atomic mass is 32.1. The lowest BCUT2D eigenvalue weighted by Crippen LogP contribution is -2.09. The van der Waals surface area contributed by atoms with Gasteiger partial charge < -0.3 is 9.47 Å². The van der Waals surface area contributed by atoms with Gasteiger partial charge in [0.1, 0.15) is 0 Å². The lowest BCUT2D eigenvalue weighted by Gasteiger charge is -2.09. The SMILES string of the molecule is C=CC(=O)OCCCCC(=O)Oc1c2ccsc2c(C)c2cc(C#Cc3ccccc3C)sc12. The molecule has 0 fully saturated rings. The van der Waals surface area contributed by atoms with E-state index in [1.807, 2.05) is 42.6 Å². The van der Waals surface area contributed by atoms with Gasteiger partial charge in [-0.15, -0.1) is 22.7 Å². The van der Waals surface area contributed by atoms with Gasteiger partial charge in [-0.25, -0.2) is 4.79 Å². The largest absolute Gasteiger partial charge is 0.463 e. The molecule has 0 spiro atoms. The van der Waals surface area contributed by atoms with Crippen LogP contribution in [0.15, 0.2) is 54.4 Å². The van der Waals surface area contributed by atoms with E-state index >= 15 is 0 Å². The third-order valence-corrected chi connectivity index (χ3v) is 7.54. The normalized spacial score (nSPS) is 10.6. The lowest BCUT2D eigenvalue weighted by molar-refractivity contribution is -0.137. The minimum absolute atomic E-state index is 0.248. The number of fused-ring (bicyclic) bond motifs is 2. The molecule has 0 N–H and O–H groups in total. The number of thiophene rings is 2. The van der Waals surface area contributed by atoms with Crippen molar-refractivity contribution in [2.75, 3.05) is 6.61 Å². The molecule has 4 rings (SSSR count). The van der Waals surface area contributed by atoms with Crippen molar-refractivity contribution in [3.05, 3.63) is 76.0 Å². The molecule has 0 saturated heterocycles. The van der Waals surface area contributed by atoms with Crippen molar-refractivity contribution in [1.29, 1.82) is 0 Å². The molecule has 0 atom stereocenters. The van der Waals surface area contributed by atoms with Crippen LogP contribution in [0.3, 0.4) is 0 Å². The zero-order chi connectivity index (χ0) is 24.1. The highest BCUT2D eigenvalue weighted by molar-refractivity contribution is 7.21. The van der Waals surface area contributed by atoms with Crippen LogP contribution >= 0.6 is 22.7 Å². The molecule has 172 valence electrons. The monoisotopic (exact) mass is 488 g/mol. The number of ether oxygens (including phenoxy) is 2. The Bertz CT molecular complexity index is 1450. The van der Waals surface area contributed by atoms with Gasteiger partial charge in [0.25, 0.3) is 0 Å². The van der Waals surface area contributed by atoms with Gasteiger partial charge in [0, 0.05) is 33.5 Å². The Morgan fingerprint density at radius 1 is 1.06 bits per heavy atom. The van der Waals surface area contributed by atoms with Crippen LogP contribution in [0.2, 0.25) is 0 Å². The number of aryl methyl sites for hydroxylation is 2. The van der Waals surface area contributed by atoms with Crippen molar-refractivity contribution >= 4 is 54.8 Å². The lowest BCUT2D eigenvalue weighted by atomic mass is 10.1. The van der Waals surface area contributed by atoms with Crippen molar-refractivity contribution in [2.24, 2.45) is 0 Å². The van der Waals surface area contributed by atoms with Crippen molar-refractivity contribution in [3.63, 3.8) is 0 Å². The molecular formula is C28H24O4S2. The summed E-state index contributed by atoms with van der Waals surface area (Å²) in [6.45, 7) is 7.77. The summed E-state index contributed by atoms with van der Waals surface area (Å²) in [4.78, 5) is 24.7. The van der Waals surface area contributed by atoms with Gasteiger partial charge >= 0.3 is 11.9 Å². The van der Waals surface area contributed by atoms with E-state index in [-0.39, 0.29) is 19.0 Å². The zero-order valence-electron chi connectivity index (χ0n) is 19.1. The molecular weight excluding hydrogens is 464 g/mol. The fourth-order valence-corrected chi connectivity index (χ4v) is 5.61. The van der Waals surface area contributed by atoms with Gasteiger partial charge in [-0.1, -0.05) is 36.6 Å². The topological polar surface area (TPSA) is 52.6 Å². The molecule has 4 nitrogen and oxygen atoms in total. The maximum absolute atomic E-state index is 12.6. The van der Waals surface area contributed by atoms with E-state index in [0.29, 0.717) is 18.6 Å². The number of carbonyl (C=O) groups excluding carboxylic acids is 2. The molecule has 0 aliphatic rings. The first-order valence-corrected chi connectivity index (χ1v) is 12.7. The Labute approximate surface area is 206 Å². The molecule has 0 amide bonds. The number of unbranched alkanes of at least 4 members (excludes halogenated alkanes) is 1. The minimum atomic E-state index is -0.455. The van der Waals surface area contributed by atoms with Gasteiger partial charge in [-0.2, -0.15) is 0 Å².